The van der Waals surface area contributed by atoms with Gasteiger partial charge in [0.25, 0.3) is 0 Å². The lowest BCUT2D eigenvalue weighted by atomic mass is 10.0. The fourth-order valence-electron chi connectivity index (χ4n) is 3.78. The molecule has 5 heteroatoms. The highest BCUT2D eigenvalue weighted by molar-refractivity contribution is 8.11. The Morgan fingerprint density at radius 3 is 1.14 bits per heavy atom. The molecule has 0 atom stereocenters. The summed E-state index contributed by atoms with van der Waals surface area (Å²) in [4.78, 5) is 10.4. The number of hydrogen-bond acceptors (Lipinski definition) is 2. The number of carboxylic acid groups (broad SMARTS) is 1. The maximum atomic E-state index is 10.4. The van der Waals surface area contributed by atoms with Gasteiger partial charge in [0.2, 0.25) is 0 Å². The zero-order valence-electron chi connectivity index (χ0n) is 18.8. The molecule has 0 bridgehead atoms. The smallest absolute Gasteiger partial charge is 0.303 e. The molecular weight excluding hydrogens is 398 g/mol. The molecule has 0 aromatic rings. The Bertz CT molecular complexity index is 344. The lowest BCUT2D eigenvalue weighted by molar-refractivity contribution is -0.137. The van der Waals surface area contributed by atoms with Crippen molar-refractivity contribution in [2.45, 2.75) is 135 Å². The van der Waals surface area contributed by atoms with Crippen molar-refractivity contribution in [2.75, 3.05) is 6.54 Å². The third-order valence-electron chi connectivity index (χ3n) is 5.59. The topological polar surface area (TPSA) is 49.3 Å². The van der Waals surface area contributed by atoms with Crippen molar-refractivity contribution in [1.29, 1.82) is 0 Å². The van der Waals surface area contributed by atoms with Crippen LogP contribution in [0.2, 0.25) is 0 Å². The van der Waals surface area contributed by atoms with Gasteiger partial charge in [-0.15, -0.1) is 12.6 Å². The van der Waals surface area contributed by atoms with E-state index in [-0.39, 0.29) is 0 Å². The molecule has 0 heterocycles. The Labute approximate surface area is 191 Å². The Morgan fingerprint density at radius 1 is 0.586 bits per heavy atom. The predicted octanol–water partition coefficient (Wildman–Crippen LogP) is 8.07. The first-order valence-electron chi connectivity index (χ1n) is 12.3. The van der Waals surface area contributed by atoms with Crippen molar-refractivity contribution in [3.05, 3.63) is 0 Å². The second-order valence-electron chi connectivity index (χ2n) is 8.45. The third kappa shape index (κ3) is 27.7. The lowest BCUT2D eigenvalue weighted by Crippen LogP contribution is -2.17. The highest BCUT2D eigenvalue weighted by Gasteiger charge is 1.97. The first-order chi connectivity index (χ1) is 14.1. The predicted molar refractivity (Wildman–Crippen MR) is 134 cm³/mol. The Balaban J connectivity index is 3.01. The second kappa shape index (κ2) is 24.0. The maximum Gasteiger partial charge on any atom is 0.303 e. The first kappa shape index (κ1) is 28.7. The van der Waals surface area contributed by atoms with Gasteiger partial charge in [-0.25, -0.2) is 0 Å². The van der Waals surface area contributed by atoms with Crippen LogP contribution in [0.15, 0.2) is 0 Å². The molecule has 29 heavy (non-hydrogen) atoms. The number of thiocarbonyl (C=S) groups is 1. The molecule has 0 spiro atoms. The minimum atomic E-state index is -0.656. The van der Waals surface area contributed by atoms with Gasteiger partial charge in [0.15, 0.2) is 0 Å². The van der Waals surface area contributed by atoms with Crippen LogP contribution in [0.25, 0.3) is 0 Å². The number of carboxylic acids is 1. The number of carbonyl (C=O) groups is 1. The molecule has 0 aliphatic heterocycles. The van der Waals surface area contributed by atoms with Crippen molar-refractivity contribution in [1.82, 2.24) is 5.32 Å². The van der Waals surface area contributed by atoms with Gasteiger partial charge in [-0.1, -0.05) is 128 Å². The highest BCUT2D eigenvalue weighted by atomic mass is 32.1. The number of aliphatic carboxylic acids is 1. The third-order valence-corrected chi connectivity index (χ3v) is 5.90. The van der Waals surface area contributed by atoms with Gasteiger partial charge >= 0.3 is 5.97 Å². The maximum absolute atomic E-state index is 10.4. The number of rotatable bonds is 23. The standard InChI is InChI=1S/C24H47NO2S2/c26-23(27)21-19-17-15-13-11-9-7-5-3-1-2-4-6-8-10-12-14-16-18-20-22-25-24(28)29/h1-22H2,(H,26,27)(H2,25,28,29). The average Bonchev–Trinajstić information content (AvgIpc) is 2.68. The van der Waals surface area contributed by atoms with Crippen LogP contribution < -0.4 is 5.32 Å². The minimum Gasteiger partial charge on any atom is -0.481 e. The van der Waals surface area contributed by atoms with Gasteiger partial charge in [0.05, 0.1) is 0 Å². The molecule has 0 aromatic heterocycles. The van der Waals surface area contributed by atoms with E-state index in [0.29, 0.717) is 10.7 Å². The van der Waals surface area contributed by atoms with Crippen LogP contribution in [0.3, 0.4) is 0 Å². The van der Waals surface area contributed by atoms with Gasteiger partial charge in [-0.05, 0) is 12.8 Å². The van der Waals surface area contributed by atoms with E-state index in [2.05, 4.69) is 17.9 Å². The number of hydrogen-bond donors (Lipinski definition) is 3. The molecule has 0 saturated heterocycles. The van der Waals surface area contributed by atoms with Gasteiger partial charge in [-0.2, -0.15) is 0 Å². The van der Waals surface area contributed by atoms with E-state index < -0.39 is 5.97 Å². The fraction of sp³-hybridized carbons (Fsp3) is 0.917. The average molecular weight is 446 g/mol. The summed E-state index contributed by atoms with van der Waals surface area (Å²) in [5, 5.41) is 11.7. The Hall–Kier alpha value is -0.290. The van der Waals surface area contributed by atoms with Gasteiger partial charge in [-0.3, -0.25) is 4.79 Å². The summed E-state index contributed by atoms with van der Waals surface area (Å²) >= 11 is 8.93. The van der Waals surface area contributed by atoms with Crippen molar-refractivity contribution in [2.24, 2.45) is 0 Å². The van der Waals surface area contributed by atoms with Crippen LogP contribution in [0.1, 0.15) is 135 Å². The quantitative estimate of drug-likeness (QED) is 0.0845. The van der Waals surface area contributed by atoms with Crippen LogP contribution in [0.5, 0.6) is 0 Å². The van der Waals surface area contributed by atoms with Gasteiger partial charge < -0.3 is 10.4 Å². The number of thiol groups is 1. The summed E-state index contributed by atoms with van der Waals surface area (Å²) in [6.45, 7) is 0.971. The van der Waals surface area contributed by atoms with Crippen LogP contribution in [0, 0.1) is 0 Å². The fourth-order valence-corrected chi connectivity index (χ4v) is 3.99. The molecule has 0 rings (SSSR count). The zero-order chi connectivity index (χ0) is 21.4. The van der Waals surface area contributed by atoms with Crippen molar-refractivity contribution in [3.8, 4) is 0 Å². The van der Waals surface area contributed by atoms with E-state index in [4.69, 9.17) is 17.3 Å². The molecule has 172 valence electrons. The van der Waals surface area contributed by atoms with E-state index in [1.165, 1.54) is 116 Å². The number of nitrogens with one attached hydrogen (secondary N) is 1. The van der Waals surface area contributed by atoms with Crippen molar-refractivity contribution in [3.63, 3.8) is 0 Å². The van der Waals surface area contributed by atoms with Crippen LogP contribution >= 0.6 is 24.8 Å². The molecule has 0 unspecified atom stereocenters. The van der Waals surface area contributed by atoms with E-state index in [0.717, 1.165) is 19.4 Å². The first-order valence-corrected chi connectivity index (χ1v) is 13.2. The Kier molecular flexibility index (Phi) is 23.7. The van der Waals surface area contributed by atoms with E-state index >= 15 is 0 Å². The molecule has 2 N–H and O–H groups in total. The Morgan fingerprint density at radius 2 is 0.862 bits per heavy atom. The second-order valence-corrected chi connectivity index (χ2v) is 9.60. The molecule has 0 radical (unpaired) electrons. The largest absolute Gasteiger partial charge is 0.481 e. The molecule has 0 saturated carbocycles. The summed E-state index contributed by atoms with van der Waals surface area (Å²) in [6, 6.07) is 0. The molecule has 0 aliphatic rings. The molecule has 0 fully saturated rings. The molecular formula is C24H47NO2S2. The summed E-state index contributed by atoms with van der Waals surface area (Å²) in [7, 11) is 0. The summed E-state index contributed by atoms with van der Waals surface area (Å²) in [5.74, 6) is -0.656. The molecule has 0 aromatic carbocycles. The van der Waals surface area contributed by atoms with Crippen molar-refractivity contribution < 1.29 is 9.90 Å². The SMILES string of the molecule is O=C(O)CCCCCCCCCCCCCCCCCCCCCCNC(=S)S. The van der Waals surface area contributed by atoms with Crippen molar-refractivity contribution >= 4 is 35.1 Å². The minimum absolute atomic E-state index is 0.339. The molecule has 0 amide bonds. The summed E-state index contributed by atoms with van der Waals surface area (Å²) in [6.07, 6.45) is 26.8. The number of unbranched alkanes of at least 4 members (excludes halogenated alkanes) is 19. The zero-order valence-corrected chi connectivity index (χ0v) is 20.5. The van der Waals surface area contributed by atoms with Gasteiger partial charge in [0.1, 0.15) is 4.32 Å². The van der Waals surface area contributed by atoms with Gasteiger partial charge in [0, 0.05) is 13.0 Å². The molecule has 0 aliphatic carbocycles. The van der Waals surface area contributed by atoms with Crippen LogP contribution in [0.4, 0.5) is 0 Å². The summed E-state index contributed by atoms with van der Waals surface area (Å²) in [5.41, 5.74) is 0. The van der Waals surface area contributed by atoms with Crippen LogP contribution in [-0.2, 0) is 4.79 Å². The van der Waals surface area contributed by atoms with E-state index in [1.54, 1.807) is 0 Å². The van der Waals surface area contributed by atoms with Crippen LogP contribution in [-0.4, -0.2) is 21.9 Å². The normalized spacial score (nSPS) is 10.9. The van der Waals surface area contributed by atoms with E-state index in [9.17, 15) is 4.79 Å². The monoisotopic (exact) mass is 445 g/mol. The van der Waals surface area contributed by atoms with E-state index in [1.807, 2.05) is 0 Å². The summed E-state index contributed by atoms with van der Waals surface area (Å²) < 4.78 is 0.614. The molecule has 3 nitrogen and oxygen atoms in total. The lowest BCUT2D eigenvalue weighted by Gasteiger charge is -2.04. The highest BCUT2D eigenvalue weighted by Crippen LogP contribution is 2.15.